The molecule has 0 aliphatic rings. The number of nitrogens with zero attached hydrogens (tertiary/aromatic N) is 2. The van der Waals surface area contributed by atoms with Crippen molar-refractivity contribution in [3.8, 4) is 0 Å². The lowest BCUT2D eigenvalue weighted by atomic mass is 10.3. The van der Waals surface area contributed by atoms with Gasteiger partial charge >= 0.3 is 0 Å². The van der Waals surface area contributed by atoms with Crippen molar-refractivity contribution in [1.29, 1.82) is 0 Å². The maximum Gasteiger partial charge on any atom is 0.274 e. The minimum Gasteiger partial charge on any atom is -0.324 e. The van der Waals surface area contributed by atoms with Crippen molar-refractivity contribution >= 4 is 39.2 Å². The average molecular weight is 387 g/mol. The monoisotopic (exact) mass is 386 g/mol. The van der Waals surface area contributed by atoms with Gasteiger partial charge in [-0.05, 0) is 42.5 Å². The van der Waals surface area contributed by atoms with Crippen molar-refractivity contribution in [2.75, 3.05) is 10.6 Å². The number of halogens is 2. The highest BCUT2D eigenvalue weighted by Crippen LogP contribution is 2.18. The molecule has 0 saturated heterocycles. The maximum absolute atomic E-state index is 13.2. The number of hydrogen-bond donors (Lipinski definition) is 2. The van der Waals surface area contributed by atoms with Crippen LogP contribution in [0, 0.1) is 5.82 Å². The van der Waals surface area contributed by atoms with E-state index in [0.717, 1.165) is 10.2 Å². The summed E-state index contributed by atoms with van der Waals surface area (Å²) >= 11 is 3.38. The van der Waals surface area contributed by atoms with Crippen LogP contribution < -0.4 is 10.6 Å². The van der Waals surface area contributed by atoms with Crippen molar-refractivity contribution in [2.24, 2.45) is 0 Å². The Bertz CT molecular complexity index is 888. The van der Waals surface area contributed by atoms with Crippen LogP contribution in [0.1, 0.15) is 10.5 Å². The van der Waals surface area contributed by atoms with Gasteiger partial charge in [-0.15, -0.1) is 0 Å². The predicted octanol–water partition coefficient (Wildman–Crippen LogP) is 4.37. The topological polar surface area (TPSA) is 66.9 Å². The Hall–Kier alpha value is -2.80. The molecule has 1 heterocycles. The number of carbonyl (C=O) groups is 1. The molecule has 7 heteroatoms. The van der Waals surface area contributed by atoms with Gasteiger partial charge in [0.2, 0.25) is 5.95 Å². The zero-order valence-corrected chi connectivity index (χ0v) is 13.9. The van der Waals surface area contributed by atoms with Crippen molar-refractivity contribution < 1.29 is 9.18 Å². The second-order valence-corrected chi connectivity index (χ2v) is 5.78. The minimum absolute atomic E-state index is 0.173. The summed E-state index contributed by atoms with van der Waals surface area (Å²) in [7, 11) is 0. The third kappa shape index (κ3) is 4.14. The first kappa shape index (κ1) is 16.1. The number of carbonyl (C=O) groups excluding carboxylic acids is 1. The van der Waals surface area contributed by atoms with E-state index in [-0.39, 0.29) is 5.69 Å². The molecule has 0 aliphatic carbocycles. The molecule has 0 atom stereocenters. The lowest BCUT2D eigenvalue weighted by molar-refractivity contribution is 0.102. The molecule has 2 N–H and O–H groups in total. The molecular formula is C17H12BrFN4O. The van der Waals surface area contributed by atoms with Gasteiger partial charge in [-0.3, -0.25) is 4.79 Å². The van der Waals surface area contributed by atoms with Crippen LogP contribution in [0.2, 0.25) is 0 Å². The summed E-state index contributed by atoms with van der Waals surface area (Å²) < 4.78 is 14.1. The van der Waals surface area contributed by atoms with Gasteiger partial charge in [0, 0.05) is 22.0 Å². The third-order valence-corrected chi connectivity index (χ3v) is 3.54. The van der Waals surface area contributed by atoms with Gasteiger partial charge in [-0.2, -0.15) is 0 Å². The lowest BCUT2D eigenvalue weighted by Gasteiger charge is -2.08. The highest BCUT2D eigenvalue weighted by molar-refractivity contribution is 9.10. The number of rotatable bonds is 4. The Balaban J connectivity index is 1.76. The first-order valence-electron chi connectivity index (χ1n) is 7.03. The van der Waals surface area contributed by atoms with Crippen LogP contribution >= 0.6 is 15.9 Å². The Morgan fingerprint density at radius 2 is 1.83 bits per heavy atom. The van der Waals surface area contributed by atoms with Gasteiger partial charge in [-0.1, -0.05) is 28.1 Å². The standard InChI is InChI=1S/C17H12BrFN4O/c18-11-3-1-5-13(9-11)22-17-20-8-7-15(23-17)16(24)21-14-6-2-4-12(19)10-14/h1-10H,(H,21,24)(H,20,22,23). The summed E-state index contributed by atoms with van der Waals surface area (Å²) in [6, 6.07) is 14.6. The Morgan fingerprint density at radius 3 is 2.62 bits per heavy atom. The molecule has 120 valence electrons. The second kappa shape index (κ2) is 7.18. The molecule has 1 aromatic heterocycles. The molecule has 0 bridgehead atoms. The van der Waals surface area contributed by atoms with Gasteiger partial charge in [0.15, 0.2) is 0 Å². The summed E-state index contributed by atoms with van der Waals surface area (Å²) in [4.78, 5) is 20.5. The van der Waals surface area contributed by atoms with Gasteiger partial charge in [-0.25, -0.2) is 14.4 Å². The number of nitrogens with one attached hydrogen (secondary N) is 2. The van der Waals surface area contributed by atoms with Crippen LogP contribution in [0.5, 0.6) is 0 Å². The van der Waals surface area contributed by atoms with Crippen LogP contribution in [0.25, 0.3) is 0 Å². The van der Waals surface area contributed by atoms with E-state index >= 15 is 0 Å². The molecule has 3 rings (SSSR count). The largest absolute Gasteiger partial charge is 0.324 e. The number of amides is 1. The summed E-state index contributed by atoms with van der Waals surface area (Å²) in [5, 5.41) is 5.62. The number of aromatic nitrogens is 2. The van der Waals surface area contributed by atoms with Gasteiger partial charge < -0.3 is 10.6 Å². The smallest absolute Gasteiger partial charge is 0.274 e. The number of benzene rings is 2. The normalized spacial score (nSPS) is 10.2. The summed E-state index contributed by atoms with van der Waals surface area (Å²) in [6.45, 7) is 0. The van der Waals surface area contributed by atoms with E-state index < -0.39 is 11.7 Å². The highest BCUT2D eigenvalue weighted by atomic mass is 79.9. The summed E-state index contributed by atoms with van der Waals surface area (Å²) in [6.07, 6.45) is 1.48. The Morgan fingerprint density at radius 1 is 1.04 bits per heavy atom. The fraction of sp³-hybridized carbons (Fsp3) is 0. The van der Waals surface area contributed by atoms with Gasteiger partial charge in [0.05, 0.1) is 0 Å². The number of anilines is 3. The maximum atomic E-state index is 13.2. The van der Waals surface area contributed by atoms with Crippen molar-refractivity contribution in [2.45, 2.75) is 0 Å². The highest BCUT2D eigenvalue weighted by Gasteiger charge is 2.10. The molecule has 0 saturated carbocycles. The van der Waals surface area contributed by atoms with E-state index in [0.29, 0.717) is 11.6 Å². The van der Waals surface area contributed by atoms with Crippen LogP contribution in [0.15, 0.2) is 65.3 Å². The molecule has 0 fully saturated rings. The zero-order valence-electron chi connectivity index (χ0n) is 12.3. The molecule has 5 nitrogen and oxygen atoms in total. The van der Waals surface area contributed by atoms with E-state index in [1.165, 1.54) is 30.5 Å². The molecule has 2 aromatic carbocycles. The first-order chi connectivity index (χ1) is 11.6. The molecule has 0 aliphatic heterocycles. The Kier molecular flexibility index (Phi) is 4.81. The van der Waals surface area contributed by atoms with Gasteiger partial charge in [0.25, 0.3) is 5.91 Å². The summed E-state index contributed by atoms with van der Waals surface area (Å²) in [5.74, 6) is -0.576. The fourth-order valence-electron chi connectivity index (χ4n) is 2.00. The van der Waals surface area contributed by atoms with E-state index in [1.807, 2.05) is 24.3 Å². The SMILES string of the molecule is O=C(Nc1cccc(F)c1)c1ccnc(Nc2cccc(Br)c2)n1. The zero-order chi connectivity index (χ0) is 16.9. The quantitative estimate of drug-likeness (QED) is 0.698. The van der Waals surface area contributed by atoms with Crippen molar-refractivity contribution in [1.82, 2.24) is 9.97 Å². The predicted molar refractivity (Wildman–Crippen MR) is 93.8 cm³/mol. The van der Waals surface area contributed by atoms with E-state index in [9.17, 15) is 9.18 Å². The van der Waals surface area contributed by atoms with Crippen molar-refractivity contribution in [3.63, 3.8) is 0 Å². The fourth-order valence-corrected chi connectivity index (χ4v) is 2.40. The molecule has 1 amide bonds. The van der Waals surface area contributed by atoms with Gasteiger partial charge in [0.1, 0.15) is 11.5 Å². The van der Waals surface area contributed by atoms with E-state index in [4.69, 9.17) is 0 Å². The molecule has 0 spiro atoms. The lowest BCUT2D eigenvalue weighted by Crippen LogP contribution is -2.14. The molecular weight excluding hydrogens is 375 g/mol. The summed E-state index contributed by atoms with van der Waals surface area (Å²) in [5.41, 5.74) is 1.32. The Labute approximate surface area is 146 Å². The van der Waals surface area contributed by atoms with Crippen LogP contribution in [0.4, 0.5) is 21.7 Å². The van der Waals surface area contributed by atoms with Crippen LogP contribution in [0.3, 0.4) is 0 Å². The minimum atomic E-state index is -0.444. The molecule has 0 radical (unpaired) electrons. The second-order valence-electron chi connectivity index (χ2n) is 4.87. The third-order valence-electron chi connectivity index (χ3n) is 3.05. The van der Waals surface area contributed by atoms with Crippen LogP contribution in [-0.2, 0) is 0 Å². The number of hydrogen-bond acceptors (Lipinski definition) is 4. The van der Waals surface area contributed by atoms with Crippen molar-refractivity contribution in [3.05, 3.63) is 76.8 Å². The molecule has 0 unspecified atom stereocenters. The van der Waals surface area contributed by atoms with E-state index in [2.05, 4.69) is 36.5 Å². The molecule has 24 heavy (non-hydrogen) atoms. The first-order valence-corrected chi connectivity index (χ1v) is 7.82. The average Bonchev–Trinajstić information content (AvgIpc) is 2.55. The van der Waals surface area contributed by atoms with Crippen LogP contribution in [-0.4, -0.2) is 15.9 Å². The molecule has 3 aromatic rings. The van der Waals surface area contributed by atoms with E-state index in [1.54, 1.807) is 6.07 Å².